The van der Waals surface area contributed by atoms with Crippen molar-refractivity contribution in [3.8, 4) is 0 Å². The van der Waals surface area contributed by atoms with Gasteiger partial charge in [0.25, 0.3) is 5.91 Å². The first kappa shape index (κ1) is 28.5. The normalized spacial score (nSPS) is 14.1. The summed E-state index contributed by atoms with van der Waals surface area (Å²) in [5, 5.41) is 14.9. The quantitative estimate of drug-likeness (QED) is 0.160. The average molecular weight is 566 g/mol. The maximum atomic E-state index is 13.8. The van der Waals surface area contributed by atoms with Crippen LogP contribution in [-0.2, 0) is 21.8 Å². The molecule has 0 spiro atoms. The average Bonchev–Trinajstić information content (AvgIpc) is 3.32. The Balaban J connectivity index is 1.73. The number of fused-ring (bicyclic) bond motifs is 1. The largest absolute Gasteiger partial charge is 0.391 e. The molecule has 5 rings (SSSR count). The smallest absolute Gasteiger partial charge is 0.273 e. The Hall–Kier alpha value is -4.04. The number of hydroxylamine groups is 2. The lowest BCUT2D eigenvalue weighted by Gasteiger charge is -2.33. The molecule has 0 aliphatic carbocycles. The molecule has 0 atom stereocenters. The third-order valence-corrected chi connectivity index (χ3v) is 8.07. The van der Waals surface area contributed by atoms with Crippen LogP contribution in [0.5, 0.6) is 0 Å². The highest BCUT2D eigenvalue weighted by atomic mass is 32.1. The fourth-order valence-electron chi connectivity index (χ4n) is 5.21. The molecule has 4 aromatic rings. The molecular formula is C34H35N3O3S. The molecular weight excluding hydrogens is 530 g/mol. The molecule has 210 valence electrons. The number of nitrogens with one attached hydrogen (secondary N) is 1. The van der Waals surface area contributed by atoms with E-state index in [4.69, 9.17) is 9.83 Å². The zero-order valence-corrected chi connectivity index (χ0v) is 24.2. The number of amidine groups is 1. The Kier molecular flexibility index (Phi) is 9.09. The van der Waals surface area contributed by atoms with Crippen LogP contribution >= 0.6 is 11.3 Å². The highest BCUT2D eigenvalue weighted by molar-refractivity contribution is 7.13. The van der Waals surface area contributed by atoms with Crippen molar-refractivity contribution in [3.05, 3.63) is 129 Å². The Labute approximate surface area is 245 Å². The molecule has 1 aliphatic heterocycles. The van der Waals surface area contributed by atoms with Gasteiger partial charge in [0.1, 0.15) is 11.4 Å². The molecule has 41 heavy (non-hydrogen) atoms. The van der Waals surface area contributed by atoms with E-state index in [0.717, 1.165) is 38.6 Å². The van der Waals surface area contributed by atoms with Crippen LogP contribution in [0.25, 0.3) is 6.08 Å². The Morgan fingerprint density at radius 1 is 0.951 bits per heavy atom. The fourth-order valence-corrected chi connectivity index (χ4v) is 6.16. The van der Waals surface area contributed by atoms with Gasteiger partial charge in [0.2, 0.25) is 0 Å². The predicted molar refractivity (Wildman–Crippen MR) is 167 cm³/mol. The number of aliphatic imine (C=N–C) groups is 1. The zero-order valence-electron chi connectivity index (χ0n) is 23.4. The van der Waals surface area contributed by atoms with Gasteiger partial charge in [-0.2, -0.15) is 0 Å². The lowest BCUT2D eigenvalue weighted by molar-refractivity contribution is -0.180. The van der Waals surface area contributed by atoms with E-state index in [2.05, 4.69) is 41.7 Å². The first-order valence-corrected chi connectivity index (χ1v) is 14.8. The second-order valence-corrected chi connectivity index (χ2v) is 11.0. The molecule has 0 fully saturated rings. The van der Waals surface area contributed by atoms with Gasteiger partial charge in [-0.1, -0.05) is 97.9 Å². The van der Waals surface area contributed by atoms with Crippen LogP contribution in [0.1, 0.15) is 53.1 Å². The summed E-state index contributed by atoms with van der Waals surface area (Å²) in [5.41, 5.74) is 3.54. The van der Waals surface area contributed by atoms with Crippen LogP contribution in [0.2, 0.25) is 0 Å². The highest BCUT2D eigenvalue weighted by Crippen LogP contribution is 2.42. The number of hydrogen-bond donors (Lipinski definition) is 2. The minimum absolute atomic E-state index is 0.0775. The SMILES string of the molecule is CCCN(OCC)C(=O)C1=Cc2sc(CO)cc2NC(=NC(c2ccccc2)(c2ccccc2)c2ccccc2)C1. The molecule has 6 nitrogen and oxygen atoms in total. The Bertz CT molecular complexity index is 1410. The van der Waals surface area contributed by atoms with Gasteiger partial charge in [0.15, 0.2) is 0 Å². The predicted octanol–water partition coefficient (Wildman–Crippen LogP) is 7.02. The van der Waals surface area contributed by atoms with Crippen molar-refractivity contribution in [2.45, 2.75) is 38.8 Å². The number of amides is 1. The summed E-state index contributed by atoms with van der Waals surface area (Å²) in [6.45, 7) is 4.71. The van der Waals surface area contributed by atoms with E-state index in [1.807, 2.05) is 80.6 Å². The first-order chi connectivity index (χ1) is 20.1. The van der Waals surface area contributed by atoms with Crippen LogP contribution in [-0.4, -0.2) is 35.1 Å². The van der Waals surface area contributed by atoms with Crippen LogP contribution < -0.4 is 5.32 Å². The van der Waals surface area contributed by atoms with E-state index in [1.165, 1.54) is 16.4 Å². The number of rotatable bonds is 10. The minimum Gasteiger partial charge on any atom is -0.391 e. The number of carbonyl (C=O) groups is 1. The molecule has 0 saturated heterocycles. The molecule has 0 saturated carbocycles. The van der Waals surface area contributed by atoms with Crippen molar-refractivity contribution in [1.82, 2.24) is 5.06 Å². The van der Waals surface area contributed by atoms with Gasteiger partial charge in [-0.25, -0.2) is 5.06 Å². The Morgan fingerprint density at radius 2 is 1.51 bits per heavy atom. The number of hydrogen-bond acceptors (Lipinski definition) is 5. The van der Waals surface area contributed by atoms with Crippen molar-refractivity contribution in [1.29, 1.82) is 0 Å². The molecule has 3 aromatic carbocycles. The van der Waals surface area contributed by atoms with Crippen LogP contribution in [0.15, 0.2) is 108 Å². The summed E-state index contributed by atoms with van der Waals surface area (Å²) in [6.07, 6.45) is 2.97. The molecule has 2 heterocycles. The molecule has 0 unspecified atom stereocenters. The molecule has 0 bridgehead atoms. The van der Waals surface area contributed by atoms with Crippen LogP contribution in [0, 0.1) is 0 Å². The summed E-state index contributed by atoms with van der Waals surface area (Å²) < 4.78 is 0. The van der Waals surface area contributed by atoms with E-state index < -0.39 is 5.54 Å². The molecule has 0 radical (unpaired) electrons. The summed E-state index contributed by atoms with van der Waals surface area (Å²) in [6, 6.07) is 32.7. The highest BCUT2D eigenvalue weighted by Gasteiger charge is 2.37. The number of thiophene rings is 1. The number of carbonyl (C=O) groups excluding carboxylic acids is 1. The number of anilines is 1. The van der Waals surface area contributed by atoms with Gasteiger partial charge in [-0.3, -0.25) is 14.6 Å². The lowest BCUT2D eigenvalue weighted by atomic mass is 9.77. The summed E-state index contributed by atoms with van der Waals surface area (Å²) in [5.74, 6) is 0.467. The minimum atomic E-state index is -0.885. The van der Waals surface area contributed by atoms with E-state index in [0.29, 0.717) is 24.6 Å². The van der Waals surface area contributed by atoms with Gasteiger partial charge in [0.05, 0.1) is 23.8 Å². The van der Waals surface area contributed by atoms with Crippen molar-refractivity contribution < 1.29 is 14.7 Å². The second kappa shape index (κ2) is 13.1. The topological polar surface area (TPSA) is 74.2 Å². The lowest BCUT2D eigenvalue weighted by Crippen LogP contribution is -2.34. The van der Waals surface area contributed by atoms with Gasteiger partial charge in [0, 0.05) is 23.4 Å². The van der Waals surface area contributed by atoms with Gasteiger partial charge in [-0.15, -0.1) is 11.3 Å². The molecule has 1 aromatic heterocycles. The standard InChI is InChI=1S/C34H35N3O3S/c1-3-20-37(40-4-2)33(39)25-21-31-30(23-29(24-38)41-31)35-32(22-25)36-34(26-14-8-5-9-15-26,27-16-10-6-11-17-27)28-18-12-7-13-19-28/h5-19,21,23,38H,3-4,20,22,24H2,1-2H3,(H,35,36). The van der Waals surface area contributed by atoms with E-state index in [9.17, 15) is 9.90 Å². The summed E-state index contributed by atoms with van der Waals surface area (Å²) in [7, 11) is 0. The van der Waals surface area contributed by atoms with Crippen molar-refractivity contribution >= 4 is 34.8 Å². The zero-order chi connectivity index (χ0) is 28.7. The van der Waals surface area contributed by atoms with E-state index in [-0.39, 0.29) is 18.9 Å². The molecule has 2 N–H and O–H groups in total. The number of benzene rings is 3. The Morgan fingerprint density at radius 3 is 2.00 bits per heavy atom. The van der Waals surface area contributed by atoms with Crippen molar-refractivity contribution in [2.24, 2.45) is 4.99 Å². The maximum absolute atomic E-state index is 13.8. The second-order valence-electron chi connectivity index (χ2n) is 9.81. The van der Waals surface area contributed by atoms with Crippen LogP contribution in [0.4, 0.5) is 5.69 Å². The molecule has 7 heteroatoms. The van der Waals surface area contributed by atoms with Gasteiger partial charge >= 0.3 is 0 Å². The van der Waals surface area contributed by atoms with E-state index >= 15 is 0 Å². The maximum Gasteiger partial charge on any atom is 0.273 e. The number of aliphatic hydroxyl groups is 1. The number of aliphatic hydroxyl groups excluding tert-OH is 1. The number of nitrogens with zero attached hydrogens (tertiary/aromatic N) is 2. The summed E-state index contributed by atoms with van der Waals surface area (Å²) >= 11 is 1.46. The molecule has 1 aliphatic rings. The summed E-state index contributed by atoms with van der Waals surface area (Å²) in [4.78, 5) is 26.8. The molecule has 1 amide bonds. The fraction of sp³-hybridized carbons (Fsp3) is 0.235. The van der Waals surface area contributed by atoms with E-state index in [1.54, 1.807) is 0 Å². The monoisotopic (exact) mass is 565 g/mol. The van der Waals surface area contributed by atoms with Gasteiger partial charge in [-0.05, 0) is 42.2 Å². The first-order valence-electron chi connectivity index (χ1n) is 14.0. The van der Waals surface area contributed by atoms with Crippen LogP contribution in [0.3, 0.4) is 0 Å². The van der Waals surface area contributed by atoms with Gasteiger partial charge < -0.3 is 10.4 Å². The third kappa shape index (κ3) is 6.03. The van der Waals surface area contributed by atoms with Crippen molar-refractivity contribution in [3.63, 3.8) is 0 Å². The third-order valence-electron chi connectivity index (χ3n) is 7.00. The van der Waals surface area contributed by atoms with Crippen molar-refractivity contribution in [2.75, 3.05) is 18.5 Å².